The number of rotatable bonds is 4. The second-order valence-corrected chi connectivity index (χ2v) is 5.59. The predicted molar refractivity (Wildman–Crippen MR) is 80.1 cm³/mol. The van der Waals surface area contributed by atoms with Crippen LogP contribution in [-0.2, 0) is 9.53 Å². The van der Waals surface area contributed by atoms with Gasteiger partial charge in [-0.1, -0.05) is 0 Å². The quantitative estimate of drug-likeness (QED) is 0.928. The van der Waals surface area contributed by atoms with Crippen LogP contribution in [0.25, 0.3) is 0 Å². The lowest BCUT2D eigenvalue weighted by atomic mass is 10.1. The Hall–Kier alpha value is -1.83. The fourth-order valence-electron chi connectivity index (χ4n) is 2.26. The number of carbonyl (C=O) groups is 1. The second kappa shape index (κ2) is 6.75. The molecule has 7 heteroatoms. The molecule has 1 aliphatic heterocycles. The van der Waals surface area contributed by atoms with Gasteiger partial charge in [0.1, 0.15) is 0 Å². The number of hydrogen-bond acceptors (Lipinski definition) is 6. The minimum Gasteiger partial charge on any atom is -0.371 e. The van der Waals surface area contributed by atoms with E-state index in [9.17, 15) is 4.79 Å². The normalized spacial score (nSPS) is 19.3. The van der Waals surface area contributed by atoms with E-state index < -0.39 is 0 Å². The Labute approximate surface area is 126 Å². The van der Waals surface area contributed by atoms with Crippen LogP contribution in [0.1, 0.15) is 11.7 Å². The highest BCUT2D eigenvalue weighted by Gasteiger charge is 2.23. The lowest BCUT2D eigenvalue weighted by molar-refractivity contribution is -0.119. The molecule has 0 aromatic carbocycles. The van der Waals surface area contributed by atoms with E-state index >= 15 is 0 Å². The van der Waals surface area contributed by atoms with Gasteiger partial charge < -0.3 is 10.1 Å². The topological polar surface area (TPSA) is 67.3 Å². The summed E-state index contributed by atoms with van der Waals surface area (Å²) >= 11 is 1.66. The van der Waals surface area contributed by atoms with E-state index in [1.165, 1.54) is 5.56 Å². The zero-order valence-corrected chi connectivity index (χ0v) is 12.3. The molecule has 6 nitrogen and oxygen atoms in total. The summed E-state index contributed by atoms with van der Waals surface area (Å²) in [4.78, 5) is 14.1. The van der Waals surface area contributed by atoms with Crippen molar-refractivity contribution in [3.63, 3.8) is 0 Å². The van der Waals surface area contributed by atoms with Gasteiger partial charge in [0, 0.05) is 19.3 Å². The van der Waals surface area contributed by atoms with Gasteiger partial charge in [0.05, 0.1) is 19.3 Å². The molecule has 2 aromatic rings. The molecule has 110 valence electrons. The highest BCUT2D eigenvalue weighted by Crippen LogP contribution is 2.23. The number of nitrogens with zero attached hydrogens (tertiary/aromatic N) is 3. The first kappa shape index (κ1) is 14.1. The van der Waals surface area contributed by atoms with Crippen molar-refractivity contribution < 1.29 is 9.53 Å². The molecule has 3 heterocycles. The molecule has 0 saturated carbocycles. The number of aromatic nitrogens is 2. The van der Waals surface area contributed by atoms with Gasteiger partial charge in [-0.05, 0) is 34.5 Å². The summed E-state index contributed by atoms with van der Waals surface area (Å²) in [6.07, 6.45) is 1.62. The molecule has 0 spiro atoms. The first-order valence-corrected chi connectivity index (χ1v) is 7.69. The molecule has 1 unspecified atom stereocenters. The predicted octanol–water partition coefficient (Wildman–Crippen LogP) is 1.55. The zero-order valence-electron chi connectivity index (χ0n) is 11.4. The van der Waals surface area contributed by atoms with Gasteiger partial charge in [-0.15, -0.1) is 5.10 Å². The monoisotopic (exact) mass is 304 g/mol. The molecule has 1 amide bonds. The van der Waals surface area contributed by atoms with Gasteiger partial charge in [0.2, 0.25) is 5.91 Å². The molecule has 0 aliphatic carbocycles. The number of nitrogens with one attached hydrogen (secondary N) is 1. The highest BCUT2D eigenvalue weighted by atomic mass is 32.1. The summed E-state index contributed by atoms with van der Waals surface area (Å²) in [6.45, 7) is 2.46. The molecular formula is C14H16N4O2S. The Bertz CT molecular complexity index is 576. The summed E-state index contributed by atoms with van der Waals surface area (Å²) < 4.78 is 5.76. The molecular weight excluding hydrogens is 288 g/mol. The Balaban J connectivity index is 1.54. The number of thiophene rings is 1. The Morgan fingerprint density at radius 2 is 2.48 bits per heavy atom. The van der Waals surface area contributed by atoms with E-state index in [0.29, 0.717) is 19.0 Å². The number of ether oxygens (including phenoxy) is 1. The third kappa shape index (κ3) is 3.84. The Morgan fingerprint density at radius 1 is 1.52 bits per heavy atom. The van der Waals surface area contributed by atoms with E-state index in [0.717, 1.165) is 13.1 Å². The summed E-state index contributed by atoms with van der Waals surface area (Å²) in [5.41, 5.74) is 1.18. The van der Waals surface area contributed by atoms with Crippen LogP contribution >= 0.6 is 11.3 Å². The summed E-state index contributed by atoms with van der Waals surface area (Å²) in [7, 11) is 0. The maximum atomic E-state index is 12.0. The first-order chi connectivity index (χ1) is 10.3. The van der Waals surface area contributed by atoms with Crippen LogP contribution in [0.15, 0.2) is 35.2 Å². The van der Waals surface area contributed by atoms with Gasteiger partial charge in [-0.25, -0.2) is 0 Å². The molecule has 1 atom stereocenters. The minimum atomic E-state index is -0.0820. The SMILES string of the molecule is O=C(CN1CCOC(c2ccsc2)C1)Nc1cccnn1. The van der Waals surface area contributed by atoms with Crippen LogP contribution < -0.4 is 5.32 Å². The van der Waals surface area contributed by atoms with Gasteiger partial charge in [0.25, 0.3) is 0 Å². The van der Waals surface area contributed by atoms with E-state index in [1.54, 1.807) is 29.7 Å². The first-order valence-electron chi connectivity index (χ1n) is 6.75. The van der Waals surface area contributed by atoms with E-state index in [-0.39, 0.29) is 12.0 Å². The van der Waals surface area contributed by atoms with Gasteiger partial charge in [0.15, 0.2) is 5.82 Å². The van der Waals surface area contributed by atoms with E-state index in [4.69, 9.17) is 4.74 Å². The third-order valence-electron chi connectivity index (χ3n) is 3.27. The van der Waals surface area contributed by atoms with Crippen molar-refractivity contribution in [1.29, 1.82) is 0 Å². The van der Waals surface area contributed by atoms with Crippen molar-refractivity contribution in [1.82, 2.24) is 15.1 Å². The zero-order chi connectivity index (χ0) is 14.5. The van der Waals surface area contributed by atoms with E-state index in [1.807, 2.05) is 5.38 Å². The van der Waals surface area contributed by atoms with Crippen molar-refractivity contribution in [3.05, 3.63) is 40.7 Å². The number of amides is 1. The molecule has 0 bridgehead atoms. The van der Waals surface area contributed by atoms with Gasteiger partial charge >= 0.3 is 0 Å². The van der Waals surface area contributed by atoms with Crippen molar-refractivity contribution in [2.24, 2.45) is 0 Å². The van der Waals surface area contributed by atoms with Crippen LogP contribution in [0.2, 0.25) is 0 Å². The van der Waals surface area contributed by atoms with Crippen LogP contribution in [-0.4, -0.2) is 47.2 Å². The number of anilines is 1. The fourth-order valence-corrected chi connectivity index (χ4v) is 2.96. The van der Waals surface area contributed by atoms with Crippen molar-refractivity contribution >= 4 is 23.1 Å². The standard InChI is InChI=1S/C14H16N4O2S/c19-14(16-13-2-1-4-15-17-13)9-18-5-6-20-12(8-18)11-3-7-21-10-11/h1-4,7,10,12H,5-6,8-9H2,(H,16,17,19). The molecule has 3 rings (SSSR count). The van der Waals surface area contributed by atoms with Gasteiger partial charge in [-0.3, -0.25) is 9.69 Å². The summed E-state index contributed by atoms with van der Waals surface area (Å²) in [6, 6.07) is 5.53. The van der Waals surface area contributed by atoms with Gasteiger partial charge in [-0.2, -0.15) is 16.4 Å². The van der Waals surface area contributed by atoms with Crippen LogP contribution in [0, 0.1) is 0 Å². The molecule has 1 fully saturated rings. The van der Waals surface area contributed by atoms with E-state index in [2.05, 4.69) is 31.9 Å². The Morgan fingerprint density at radius 3 is 3.24 bits per heavy atom. The van der Waals surface area contributed by atoms with Crippen molar-refractivity contribution in [2.75, 3.05) is 31.6 Å². The second-order valence-electron chi connectivity index (χ2n) is 4.81. The number of hydrogen-bond donors (Lipinski definition) is 1. The summed E-state index contributed by atoms with van der Waals surface area (Å²) in [5, 5.41) is 14.5. The van der Waals surface area contributed by atoms with Crippen LogP contribution in [0.3, 0.4) is 0 Å². The summed E-state index contributed by atoms with van der Waals surface area (Å²) in [5.74, 6) is 0.395. The number of morpholine rings is 1. The maximum Gasteiger partial charge on any atom is 0.239 e. The molecule has 1 aliphatic rings. The smallest absolute Gasteiger partial charge is 0.239 e. The van der Waals surface area contributed by atoms with Crippen molar-refractivity contribution in [3.8, 4) is 0 Å². The van der Waals surface area contributed by atoms with Crippen LogP contribution in [0.4, 0.5) is 5.82 Å². The molecule has 1 N–H and O–H groups in total. The highest BCUT2D eigenvalue weighted by molar-refractivity contribution is 7.07. The Kier molecular flexibility index (Phi) is 4.54. The lowest BCUT2D eigenvalue weighted by Gasteiger charge is -2.32. The van der Waals surface area contributed by atoms with Crippen LogP contribution in [0.5, 0.6) is 0 Å². The maximum absolute atomic E-state index is 12.0. The third-order valence-corrected chi connectivity index (χ3v) is 3.97. The molecule has 0 radical (unpaired) electrons. The molecule has 2 aromatic heterocycles. The average molecular weight is 304 g/mol. The largest absolute Gasteiger partial charge is 0.371 e. The molecule has 1 saturated heterocycles. The fraction of sp³-hybridized carbons (Fsp3) is 0.357. The molecule has 21 heavy (non-hydrogen) atoms. The number of carbonyl (C=O) groups excluding carboxylic acids is 1. The lowest BCUT2D eigenvalue weighted by Crippen LogP contribution is -2.42. The minimum absolute atomic E-state index is 0.0503. The van der Waals surface area contributed by atoms with Crippen molar-refractivity contribution in [2.45, 2.75) is 6.10 Å². The average Bonchev–Trinajstić information content (AvgIpc) is 3.02.